The second kappa shape index (κ2) is 6.25. The zero-order valence-electron chi connectivity index (χ0n) is 10.3. The Morgan fingerprint density at radius 2 is 1.83 bits per heavy atom. The molecular weight excluding hydrogens is 236 g/mol. The Labute approximate surface area is 106 Å². The molecule has 2 unspecified atom stereocenters. The van der Waals surface area contributed by atoms with E-state index in [1.807, 2.05) is 0 Å². The average molecular weight is 255 g/mol. The molecule has 4 heteroatoms. The van der Waals surface area contributed by atoms with E-state index in [0.29, 0.717) is 6.54 Å². The zero-order valence-corrected chi connectivity index (χ0v) is 10.3. The van der Waals surface area contributed by atoms with Gasteiger partial charge in [0.2, 0.25) is 0 Å². The van der Waals surface area contributed by atoms with Gasteiger partial charge >= 0.3 is 0 Å². The third-order valence-electron chi connectivity index (χ3n) is 3.64. The maximum atomic E-state index is 13.4. The van der Waals surface area contributed by atoms with Gasteiger partial charge in [0.05, 0.1) is 6.10 Å². The molecule has 2 atom stereocenters. The van der Waals surface area contributed by atoms with Crippen molar-refractivity contribution < 1.29 is 13.9 Å². The topological polar surface area (TPSA) is 32.3 Å². The van der Waals surface area contributed by atoms with Gasteiger partial charge < -0.3 is 10.4 Å². The van der Waals surface area contributed by atoms with E-state index < -0.39 is 11.6 Å². The highest BCUT2D eigenvalue weighted by atomic mass is 19.1. The van der Waals surface area contributed by atoms with Crippen LogP contribution in [-0.4, -0.2) is 17.8 Å². The fraction of sp³-hybridized carbons (Fsp3) is 0.571. The van der Waals surface area contributed by atoms with E-state index in [2.05, 4.69) is 5.32 Å². The van der Waals surface area contributed by atoms with Crippen molar-refractivity contribution in [3.8, 4) is 0 Å². The summed E-state index contributed by atoms with van der Waals surface area (Å²) in [5, 5.41) is 12.8. The molecule has 1 aromatic rings. The molecule has 2 rings (SSSR count). The lowest BCUT2D eigenvalue weighted by molar-refractivity contribution is 0.0694. The van der Waals surface area contributed by atoms with E-state index in [9.17, 15) is 13.9 Å². The number of aliphatic hydroxyl groups excluding tert-OH is 1. The highest BCUT2D eigenvalue weighted by molar-refractivity contribution is 5.19. The Bertz CT molecular complexity index is 377. The summed E-state index contributed by atoms with van der Waals surface area (Å²) in [6.45, 7) is 0.774. The van der Waals surface area contributed by atoms with Crippen molar-refractivity contribution in [2.24, 2.45) is 5.92 Å². The van der Waals surface area contributed by atoms with E-state index in [1.165, 1.54) is 18.2 Å². The van der Waals surface area contributed by atoms with Gasteiger partial charge in [-0.3, -0.25) is 0 Å². The summed E-state index contributed by atoms with van der Waals surface area (Å²) in [6.07, 6.45) is 3.72. The molecule has 18 heavy (non-hydrogen) atoms. The van der Waals surface area contributed by atoms with Crippen LogP contribution in [-0.2, 0) is 6.54 Å². The van der Waals surface area contributed by atoms with Crippen LogP contribution in [0.15, 0.2) is 18.2 Å². The maximum absolute atomic E-state index is 13.4. The van der Waals surface area contributed by atoms with Gasteiger partial charge in [0.25, 0.3) is 0 Å². The highest BCUT2D eigenvalue weighted by Gasteiger charge is 2.22. The van der Waals surface area contributed by atoms with Gasteiger partial charge in [0.1, 0.15) is 11.6 Å². The molecule has 1 aromatic carbocycles. The smallest absolute Gasteiger partial charge is 0.130 e. The van der Waals surface area contributed by atoms with Crippen LogP contribution >= 0.6 is 0 Å². The predicted molar refractivity (Wildman–Crippen MR) is 66.0 cm³/mol. The van der Waals surface area contributed by atoms with E-state index in [0.717, 1.165) is 25.7 Å². The predicted octanol–water partition coefficient (Wildman–Crippen LogP) is 2.61. The summed E-state index contributed by atoms with van der Waals surface area (Å²) in [7, 11) is 0. The molecule has 2 N–H and O–H groups in total. The number of rotatable bonds is 4. The van der Waals surface area contributed by atoms with E-state index >= 15 is 0 Å². The lowest BCUT2D eigenvalue weighted by atomic mass is 9.86. The molecule has 0 spiro atoms. The molecule has 0 radical (unpaired) electrons. The fourth-order valence-electron chi connectivity index (χ4n) is 2.51. The van der Waals surface area contributed by atoms with Crippen molar-refractivity contribution in [2.45, 2.75) is 38.3 Å². The van der Waals surface area contributed by atoms with Crippen LogP contribution in [0, 0.1) is 17.6 Å². The molecule has 1 saturated carbocycles. The zero-order chi connectivity index (χ0) is 13.0. The van der Waals surface area contributed by atoms with Gasteiger partial charge in [0, 0.05) is 18.7 Å². The molecule has 1 aliphatic rings. The number of hydrogen-bond acceptors (Lipinski definition) is 2. The summed E-state index contributed by atoms with van der Waals surface area (Å²) >= 11 is 0. The lowest BCUT2D eigenvalue weighted by Crippen LogP contribution is -2.33. The number of benzene rings is 1. The molecule has 0 aromatic heterocycles. The first kappa shape index (κ1) is 13.4. The van der Waals surface area contributed by atoms with Crippen LogP contribution < -0.4 is 5.32 Å². The third-order valence-corrected chi connectivity index (χ3v) is 3.64. The molecule has 0 saturated heterocycles. The SMILES string of the molecule is OC1CCCCC1CNCc1c(F)cccc1F. The Kier molecular flexibility index (Phi) is 4.66. The molecule has 0 aliphatic heterocycles. The number of nitrogens with one attached hydrogen (secondary N) is 1. The summed E-state index contributed by atoms with van der Waals surface area (Å²) in [5.74, 6) is -0.841. The minimum absolute atomic E-state index is 0.0720. The van der Waals surface area contributed by atoms with Crippen molar-refractivity contribution in [3.05, 3.63) is 35.4 Å². The van der Waals surface area contributed by atoms with Gasteiger partial charge in [-0.25, -0.2) is 8.78 Å². The Balaban J connectivity index is 1.84. The van der Waals surface area contributed by atoms with Crippen molar-refractivity contribution in [1.29, 1.82) is 0 Å². The van der Waals surface area contributed by atoms with Gasteiger partial charge in [-0.05, 0) is 30.9 Å². The first-order valence-electron chi connectivity index (χ1n) is 6.50. The first-order valence-corrected chi connectivity index (χ1v) is 6.50. The fourth-order valence-corrected chi connectivity index (χ4v) is 2.51. The number of hydrogen-bond donors (Lipinski definition) is 2. The Morgan fingerprint density at radius 3 is 2.50 bits per heavy atom. The molecule has 100 valence electrons. The van der Waals surface area contributed by atoms with Gasteiger partial charge in [0.15, 0.2) is 0 Å². The van der Waals surface area contributed by atoms with Crippen molar-refractivity contribution in [1.82, 2.24) is 5.32 Å². The maximum Gasteiger partial charge on any atom is 0.130 e. The Hall–Kier alpha value is -1.00. The van der Waals surface area contributed by atoms with Crippen LogP contribution in [0.3, 0.4) is 0 Å². The second-order valence-corrected chi connectivity index (χ2v) is 4.94. The summed E-state index contributed by atoms with van der Waals surface area (Å²) in [4.78, 5) is 0. The molecule has 2 nitrogen and oxygen atoms in total. The molecule has 0 amide bonds. The summed E-state index contributed by atoms with van der Waals surface area (Å²) in [5.41, 5.74) is 0.0720. The first-order chi connectivity index (χ1) is 8.68. The van der Waals surface area contributed by atoms with E-state index in [4.69, 9.17) is 0 Å². The van der Waals surface area contributed by atoms with E-state index in [1.54, 1.807) is 0 Å². The van der Waals surface area contributed by atoms with Crippen LogP contribution in [0.1, 0.15) is 31.2 Å². The molecular formula is C14H19F2NO. The normalized spacial score (nSPS) is 24.2. The van der Waals surface area contributed by atoms with Crippen molar-refractivity contribution >= 4 is 0 Å². The monoisotopic (exact) mass is 255 g/mol. The van der Waals surface area contributed by atoms with Crippen LogP contribution in [0.2, 0.25) is 0 Å². The minimum Gasteiger partial charge on any atom is -0.393 e. The largest absolute Gasteiger partial charge is 0.393 e. The molecule has 0 heterocycles. The quantitative estimate of drug-likeness (QED) is 0.866. The third kappa shape index (κ3) is 3.27. The highest BCUT2D eigenvalue weighted by Crippen LogP contribution is 2.23. The molecule has 1 aliphatic carbocycles. The average Bonchev–Trinajstić information content (AvgIpc) is 2.35. The minimum atomic E-state index is -0.522. The molecule has 0 bridgehead atoms. The van der Waals surface area contributed by atoms with Gasteiger partial charge in [-0.15, -0.1) is 0 Å². The number of aliphatic hydroxyl groups is 1. The van der Waals surface area contributed by atoms with Crippen LogP contribution in [0.5, 0.6) is 0 Å². The van der Waals surface area contributed by atoms with Gasteiger partial charge in [-0.1, -0.05) is 18.9 Å². The van der Waals surface area contributed by atoms with Crippen LogP contribution in [0.4, 0.5) is 8.78 Å². The standard InChI is InChI=1S/C14H19F2NO/c15-12-5-3-6-13(16)11(12)9-17-8-10-4-1-2-7-14(10)18/h3,5-6,10,14,17-18H,1-2,4,7-9H2. The Morgan fingerprint density at radius 1 is 1.17 bits per heavy atom. The van der Waals surface area contributed by atoms with Gasteiger partial charge in [-0.2, -0.15) is 0 Å². The van der Waals surface area contributed by atoms with E-state index in [-0.39, 0.29) is 24.1 Å². The van der Waals surface area contributed by atoms with Crippen LogP contribution in [0.25, 0.3) is 0 Å². The summed E-state index contributed by atoms with van der Waals surface area (Å²) < 4.78 is 26.7. The number of halogens is 2. The summed E-state index contributed by atoms with van der Waals surface area (Å²) in [6, 6.07) is 3.88. The molecule has 1 fully saturated rings. The lowest BCUT2D eigenvalue weighted by Gasteiger charge is -2.27. The van der Waals surface area contributed by atoms with Crippen molar-refractivity contribution in [2.75, 3.05) is 6.54 Å². The van der Waals surface area contributed by atoms with Crippen molar-refractivity contribution in [3.63, 3.8) is 0 Å². The second-order valence-electron chi connectivity index (χ2n) is 4.94.